The van der Waals surface area contributed by atoms with Crippen LogP contribution in [0.2, 0.25) is 0 Å². The molecule has 0 fully saturated rings. The number of nitrogens with zero attached hydrogens (tertiary/aromatic N) is 3. The van der Waals surface area contributed by atoms with E-state index in [0.29, 0.717) is 5.41 Å². The van der Waals surface area contributed by atoms with Gasteiger partial charge in [-0.15, -0.1) is 0 Å². The number of rotatable bonds is 4. The van der Waals surface area contributed by atoms with Crippen molar-refractivity contribution in [2.75, 3.05) is 0 Å². The molecule has 3 rings (SSSR count). The molecule has 3 aromatic rings. The molecule has 3 heteroatoms. The summed E-state index contributed by atoms with van der Waals surface area (Å²) in [5, 5.41) is 1.29. The number of hydrogen-bond acceptors (Lipinski definition) is 2. The van der Waals surface area contributed by atoms with Crippen LogP contribution in [-0.2, 0) is 6.42 Å². The minimum Gasteiger partial charge on any atom is -0.322 e. The van der Waals surface area contributed by atoms with E-state index in [2.05, 4.69) is 62.4 Å². The van der Waals surface area contributed by atoms with Gasteiger partial charge in [0.15, 0.2) is 0 Å². The minimum absolute atomic E-state index is 0.244. The van der Waals surface area contributed by atoms with Gasteiger partial charge in [-0.25, -0.2) is 4.98 Å². The average Bonchev–Trinajstić information content (AvgIpc) is 2.84. The van der Waals surface area contributed by atoms with E-state index in [-0.39, 0.29) is 6.04 Å². The standard InChI is InChI=1S/C21H27N3/c1-15(17-9-13-22-14-10-17)24-16(2)18(8-11-21(3,4)5)19-7-6-12-23-20(19)24/h6-7,9-10,12-15H,8,11H2,1-5H3. The molecule has 0 aliphatic rings. The van der Waals surface area contributed by atoms with Crippen LogP contribution >= 0.6 is 0 Å². The van der Waals surface area contributed by atoms with E-state index in [1.807, 2.05) is 24.7 Å². The van der Waals surface area contributed by atoms with Crippen molar-refractivity contribution in [3.8, 4) is 0 Å². The van der Waals surface area contributed by atoms with Crippen molar-refractivity contribution in [2.24, 2.45) is 5.41 Å². The molecule has 0 amide bonds. The maximum absolute atomic E-state index is 4.70. The zero-order chi connectivity index (χ0) is 17.3. The quantitative estimate of drug-likeness (QED) is 0.650. The second kappa shape index (κ2) is 6.39. The monoisotopic (exact) mass is 321 g/mol. The summed E-state index contributed by atoms with van der Waals surface area (Å²) in [5.41, 5.74) is 5.45. The number of aryl methyl sites for hydroxylation is 1. The van der Waals surface area contributed by atoms with Crippen molar-refractivity contribution in [3.05, 3.63) is 59.7 Å². The molecular weight excluding hydrogens is 294 g/mol. The Bertz CT molecular complexity index is 825. The third kappa shape index (κ3) is 3.21. The number of hydrogen-bond donors (Lipinski definition) is 0. The zero-order valence-electron chi connectivity index (χ0n) is 15.4. The van der Waals surface area contributed by atoms with Gasteiger partial charge in [-0.05, 0) is 67.5 Å². The third-order valence-corrected chi connectivity index (χ3v) is 4.84. The van der Waals surface area contributed by atoms with Crippen molar-refractivity contribution in [3.63, 3.8) is 0 Å². The van der Waals surface area contributed by atoms with Gasteiger partial charge in [0, 0.05) is 29.7 Å². The molecule has 0 aromatic carbocycles. The van der Waals surface area contributed by atoms with Crippen LogP contribution in [0, 0.1) is 12.3 Å². The second-order valence-corrected chi connectivity index (χ2v) is 7.83. The van der Waals surface area contributed by atoms with Gasteiger partial charge in [-0.2, -0.15) is 0 Å². The van der Waals surface area contributed by atoms with E-state index < -0.39 is 0 Å². The maximum Gasteiger partial charge on any atom is 0.140 e. The fourth-order valence-corrected chi connectivity index (χ4v) is 3.40. The van der Waals surface area contributed by atoms with Crippen molar-refractivity contribution in [1.82, 2.24) is 14.5 Å². The van der Waals surface area contributed by atoms with Gasteiger partial charge in [0.05, 0.1) is 6.04 Å². The van der Waals surface area contributed by atoms with E-state index in [9.17, 15) is 0 Å². The van der Waals surface area contributed by atoms with E-state index in [4.69, 9.17) is 4.98 Å². The molecule has 0 aliphatic carbocycles. The third-order valence-electron chi connectivity index (χ3n) is 4.84. The predicted octanol–water partition coefficient (Wildman–Crippen LogP) is 5.33. The highest BCUT2D eigenvalue weighted by Crippen LogP contribution is 2.33. The van der Waals surface area contributed by atoms with Gasteiger partial charge in [0.1, 0.15) is 5.65 Å². The highest BCUT2D eigenvalue weighted by Gasteiger charge is 2.21. The van der Waals surface area contributed by atoms with Crippen LogP contribution in [-0.4, -0.2) is 14.5 Å². The summed E-state index contributed by atoms with van der Waals surface area (Å²) in [6, 6.07) is 8.68. The molecule has 1 atom stereocenters. The van der Waals surface area contributed by atoms with Crippen molar-refractivity contribution in [2.45, 2.75) is 53.5 Å². The molecule has 0 aliphatic heterocycles. The molecule has 1 unspecified atom stereocenters. The Kier molecular flexibility index (Phi) is 4.44. The van der Waals surface area contributed by atoms with Crippen LogP contribution in [0.15, 0.2) is 42.9 Å². The summed E-state index contributed by atoms with van der Waals surface area (Å²) in [5.74, 6) is 0. The molecule has 0 saturated heterocycles. The lowest BCUT2D eigenvalue weighted by atomic mass is 9.88. The number of aromatic nitrogens is 3. The predicted molar refractivity (Wildman–Crippen MR) is 100 cm³/mol. The summed E-state index contributed by atoms with van der Waals surface area (Å²) in [6.07, 6.45) is 7.88. The Morgan fingerprint density at radius 2 is 1.79 bits per heavy atom. The van der Waals surface area contributed by atoms with Crippen molar-refractivity contribution >= 4 is 11.0 Å². The van der Waals surface area contributed by atoms with Gasteiger partial charge in [0.2, 0.25) is 0 Å². The van der Waals surface area contributed by atoms with E-state index >= 15 is 0 Å². The van der Waals surface area contributed by atoms with Gasteiger partial charge < -0.3 is 4.57 Å². The van der Waals surface area contributed by atoms with E-state index in [1.165, 1.54) is 28.6 Å². The van der Waals surface area contributed by atoms with Gasteiger partial charge in [-0.1, -0.05) is 20.8 Å². The average molecular weight is 321 g/mol. The molecule has 0 radical (unpaired) electrons. The Balaban J connectivity index is 2.10. The van der Waals surface area contributed by atoms with E-state index in [1.54, 1.807) is 0 Å². The molecule has 0 saturated carbocycles. The molecule has 24 heavy (non-hydrogen) atoms. The first-order chi connectivity index (χ1) is 11.4. The van der Waals surface area contributed by atoms with Crippen LogP contribution in [0.3, 0.4) is 0 Å². The Hall–Kier alpha value is -2.16. The molecule has 3 aromatic heterocycles. The van der Waals surface area contributed by atoms with Crippen molar-refractivity contribution in [1.29, 1.82) is 0 Å². The summed E-state index contributed by atoms with van der Waals surface area (Å²) in [6.45, 7) is 11.4. The highest BCUT2D eigenvalue weighted by molar-refractivity contribution is 5.82. The summed E-state index contributed by atoms with van der Waals surface area (Å²) in [4.78, 5) is 8.84. The lowest BCUT2D eigenvalue weighted by molar-refractivity contribution is 0.378. The zero-order valence-corrected chi connectivity index (χ0v) is 15.4. The van der Waals surface area contributed by atoms with Gasteiger partial charge >= 0.3 is 0 Å². The molecule has 3 nitrogen and oxygen atoms in total. The molecular formula is C21H27N3. The van der Waals surface area contributed by atoms with Crippen LogP contribution in [0.4, 0.5) is 0 Å². The fourth-order valence-electron chi connectivity index (χ4n) is 3.40. The first-order valence-electron chi connectivity index (χ1n) is 8.73. The summed E-state index contributed by atoms with van der Waals surface area (Å²) in [7, 11) is 0. The van der Waals surface area contributed by atoms with Crippen LogP contribution in [0.25, 0.3) is 11.0 Å². The maximum atomic E-state index is 4.70. The highest BCUT2D eigenvalue weighted by atomic mass is 15.1. The van der Waals surface area contributed by atoms with Crippen LogP contribution in [0.1, 0.15) is 57.0 Å². The topological polar surface area (TPSA) is 30.7 Å². The SMILES string of the molecule is Cc1c(CCC(C)(C)C)c2cccnc2n1C(C)c1ccncc1. The molecule has 0 N–H and O–H groups in total. The lowest BCUT2D eigenvalue weighted by Crippen LogP contribution is -2.10. The fraction of sp³-hybridized carbons (Fsp3) is 0.429. The largest absolute Gasteiger partial charge is 0.322 e. The molecule has 3 heterocycles. The normalized spacial score (nSPS) is 13.4. The smallest absolute Gasteiger partial charge is 0.140 e. The van der Waals surface area contributed by atoms with Crippen LogP contribution < -0.4 is 0 Å². The van der Waals surface area contributed by atoms with Gasteiger partial charge in [0.25, 0.3) is 0 Å². The summed E-state index contributed by atoms with van der Waals surface area (Å²) < 4.78 is 2.38. The lowest BCUT2D eigenvalue weighted by Gasteiger charge is -2.19. The Labute approximate surface area is 144 Å². The van der Waals surface area contributed by atoms with Crippen molar-refractivity contribution < 1.29 is 0 Å². The molecule has 126 valence electrons. The van der Waals surface area contributed by atoms with Crippen LogP contribution in [0.5, 0.6) is 0 Å². The van der Waals surface area contributed by atoms with Gasteiger partial charge in [-0.3, -0.25) is 4.98 Å². The first-order valence-corrected chi connectivity index (χ1v) is 8.73. The second-order valence-electron chi connectivity index (χ2n) is 7.83. The minimum atomic E-state index is 0.244. The number of fused-ring (bicyclic) bond motifs is 1. The Morgan fingerprint density at radius 3 is 2.46 bits per heavy atom. The number of pyridine rings is 2. The Morgan fingerprint density at radius 1 is 1.08 bits per heavy atom. The molecule has 0 spiro atoms. The first kappa shape index (κ1) is 16.7. The molecule has 0 bridgehead atoms. The van der Waals surface area contributed by atoms with E-state index in [0.717, 1.165) is 12.1 Å². The summed E-state index contributed by atoms with van der Waals surface area (Å²) >= 11 is 0.